The Morgan fingerprint density at radius 1 is 1.26 bits per heavy atom. The Morgan fingerprint density at radius 3 is 2.65 bits per heavy atom. The minimum Gasteiger partial charge on any atom is -0.380 e. The second kappa shape index (κ2) is 10.6. The van der Waals surface area contributed by atoms with Gasteiger partial charge in [-0.25, -0.2) is 4.98 Å². The van der Waals surface area contributed by atoms with Crippen molar-refractivity contribution in [2.75, 3.05) is 14.2 Å². The van der Waals surface area contributed by atoms with Crippen LogP contribution in [-0.2, 0) is 24.4 Å². The number of halogens is 1. The van der Waals surface area contributed by atoms with E-state index >= 15 is 0 Å². The number of benzene rings is 1. The van der Waals surface area contributed by atoms with Gasteiger partial charge in [0, 0.05) is 31.8 Å². The lowest BCUT2D eigenvalue weighted by Gasteiger charge is -2.11. The Morgan fingerprint density at radius 2 is 2.00 bits per heavy atom. The predicted molar refractivity (Wildman–Crippen MR) is 106 cm³/mol. The highest BCUT2D eigenvalue weighted by atomic mass is 127. The molecule has 0 atom stereocenters. The summed E-state index contributed by atoms with van der Waals surface area (Å²) in [6, 6.07) is 8.32. The number of nitrogens with one attached hydrogen (secondary N) is 2. The summed E-state index contributed by atoms with van der Waals surface area (Å²) >= 11 is 1.69. The molecular weight excluding hydrogens is 423 g/mol. The molecule has 0 unspecified atom stereocenters. The van der Waals surface area contributed by atoms with Gasteiger partial charge in [-0.2, -0.15) is 0 Å². The number of hydrogen-bond donors (Lipinski definition) is 2. The Hall–Kier alpha value is -1.19. The molecule has 0 aliphatic rings. The predicted octanol–water partition coefficient (Wildman–Crippen LogP) is 3.08. The summed E-state index contributed by atoms with van der Waals surface area (Å²) in [7, 11) is 3.47. The molecule has 0 saturated carbocycles. The van der Waals surface area contributed by atoms with Gasteiger partial charge in [-0.1, -0.05) is 24.3 Å². The van der Waals surface area contributed by atoms with Crippen LogP contribution in [0.25, 0.3) is 0 Å². The summed E-state index contributed by atoms with van der Waals surface area (Å²) in [5.41, 5.74) is 2.37. The first-order valence-electron chi connectivity index (χ1n) is 7.14. The molecule has 23 heavy (non-hydrogen) atoms. The van der Waals surface area contributed by atoms with Crippen molar-refractivity contribution in [2.24, 2.45) is 4.99 Å². The Labute approximate surface area is 158 Å². The maximum atomic E-state index is 5.16. The largest absolute Gasteiger partial charge is 0.380 e. The second-order valence-electron chi connectivity index (χ2n) is 4.90. The van der Waals surface area contributed by atoms with Gasteiger partial charge in [0.25, 0.3) is 0 Å². The van der Waals surface area contributed by atoms with Gasteiger partial charge in [-0.3, -0.25) is 4.99 Å². The fourth-order valence-electron chi connectivity index (χ4n) is 2.04. The van der Waals surface area contributed by atoms with Gasteiger partial charge in [-0.15, -0.1) is 35.3 Å². The molecule has 1 aromatic heterocycles. The van der Waals surface area contributed by atoms with Crippen molar-refractivity contribution >= 4 is 41.3 Å². The maximum absolute atomic E-state index is 5.16. The highest BCUT2D eigenvalue weighted by molar-refractivity contribution is 14.0. The standard InChI is InChI=1S/C16H22N4OS.HI/c1-12-8-18-15(22-12)10-20-16(17-2)19-9-13-5-4-6-14(7-13)11-21-3;/h4-8H,9-11H2,1-3H3,(H2,17,19,20);1H. The van der Waals surface area contributed by atoms with Crippen LogP contribution in [0.15, 0.2) is 35.5 Å². The molecule has 5 nitrogen and oxygen atoms in total. The smallest absolute Gasteiger partial charge is 0.191 e. The molecule has 0 amide bonds. The molecule has 0 radical (unpaired) electrons. The van der Waals surface area contributed by atoms with E-state index in [4.69, 9.17) is 4.74 Å². The molecule has 0 aliphatic carbocycles. The van der Waals surface area contributed by atoms with E-state index in [1.165, 1.54) is 16.0 Å². The number of guanidine groups is 1. The first kappa shape index (κ1) is 19.9. The van der Waals surface area contributed by atoms with Crippen LogP contribution in [0.2, 0.25) is 0 Å². The van der Waals surface area contributed by atoms with Crippen LogP contribution in [0.4, 0.5) is 0 Å². The minimum atomic E-state index is 0. The molecule has 2 rings (SSSR count). The number of rotatable bonds is 6. The quantitative estimate of drug-likeness (QED) is 0.407. The number of methoxy groups -OCH3 is 1. The van der Waals surface area contributed by atoms with Crippen LogP contribution in [0.5, 0.6) is 0 Å². The third-order valence-corrected chi connectivity index (χ3v) is 3.97. The van der Waals surface area contributed by atoms with Crippen LogP contribution in [-0.4, -0.2) is 25.1 Å². The average Bonchev–Trinajstić information content (AvgIpc) is 2.94. The van der Waals surface area contributed by atoms with Gasteiger partial charge < -0.3 is 15.4 Å². The Kier molecular flexibility index (Phi) is 9.12. The Bertz CT molecular complexity index is 630. The van der Waals surface area contributed by atoms with Gasteiger partial charge in [0.1, 0.15) is 5.01 Å². The van der Waals surface area contributed by atoms with Crippen molar-refractivity contribution in [3.05, 3.63) is 51.5 Å². The van der Waals surface area contributed by atoms with E-state index in [0.717, 1.165) is 11.0 Å². The van der Waals surface area contributed by atoms with E-state index in [0.29, 0.717) is 19.7 Å². The molecule has 0 aliphatic heterocycles. The van der Waals surface area contributed by atoms with E-state index in [9.17, 15) is 0 Å². The van der Waals surface area contributed by atoms with Gasteiger partial charge >= 0.3 is 0 Å². The highest BCUT2D eigenvalue weighted by Gasteiger charge is 2.02. The zero-order valence-electron chi connectivity index (χ0n) is 13.6. The number of ether oxygens (including phenoxy) is 1. The van der Waals surface area contributed by atoms with Crippen molar-refractivity contribution in [3.8, 4) is 0 Å². The molecule has 126 valence electrons. The molecule has 0 saturated heterocycles. The second-order valence-corrected chi connectivity index (χ2v) is 6.22. The zero-order valence-corrected chi connectivity index (χ0v) is 16.8. The first-order chi connectivity index (χ1) is 10.7. The van der Waals surface area contributed by atoms with Crippen LogP contribution in [0.3, 0.4) is 0 Å². The Balaban J connectivity index is 0.00000264. The van der Waals surface area contributed by atoms with Crippen molar-refractivity contribution in [2.45, 2.75) is 26.6 Å². The fraction of sp³-hybridized carbons (Fsp3) is 0.375. The monoisotopic (exact) mass is 446 g/mol. The molecule has 0 fully saturated rings. The van der Waals surface area contributed by atoms with Crippen LogP contribution < -0.4 is 10.6 Å². The number of hydrogen-bond acceptors (Lipinski definition) is 4. The van der Waals surface area contributed by atoms with Crippen LogP contribution in [0.1, 0.15) is 21.0 Å². The summed E-state index contributed by atoms with van der Waals surface area (Å²) in [4.78, 5) is 9.78. The third-order valence-electron chi connectivity index (χ3n) is 3.06. The molecule has 1 heterocycles. The van der Waals surface area contributed by atoms with Gasteiger partial charge in [0.2, 0.25) is 0 Å². The van der Waals surface area contributed by atoms with E-state index < -0.39 is 0 Å². The molecule has 2 N–H and O–H groups in total. The molecule has 0 spiro atoms. The van der Waals surface area contributed by atoms with Crippen molar-refractivity contribution in [1.29, 1.82) is 0 Å². The van der Waals surface area contributed by atoms with Gasteiger partial charge in [0.15, 0.2) is 5.96 Å². The molecule has 7 heteroatoms. The average molecular weight is 446 g/mol. The number of aryl methyl sites for hydroxylation is 1. The van der Waals surface area contributed by atoms with Crippen molar-refractivity contribution < 1.29 is 4.74 Å². The van der Waals surface area contributed by atoms with Gasteiger partial charge in [-0.05, 0) is 18.1 Å². The number of aromatic nitrogens is 1. The summed E-state index contributed by atoms with van der Waals surface area (Å²) in [6.45, 7) is 4.08. The summed E-state index contributed by atoms with van der Waals surface area (Å²) < 4.78 is 5.16. The first-order valence-corrected chi connectivity index (χ1v) is 7.95. The summed E-state index contributed by atoms with van der Waals surface area (Å²) in [6.07, 6.45) is 1.89. The van der Waals surface area contributed by atoms with E-state index in [1.54, 1.807) is 25.5 Å². The van der Waals surface area contributed by atoms with Gasteiger partial charge in [0.05, 0.1) is 13.2 Å². The van der Waals surface area contributed by atoms with Crippen molar-refractivity contribution in [1.82, 2.24) is 15.6 Å². The van der Waals surface area contributed by atoms with E-state index in [2.05, 4.69) is 45.7 Å². The number of thiazole rings is 1. The summed E-state index contributed by atoms with van der Waals surface area (Å²) in [5.74, 6) is 0.769. The fourth-order valence-corrected chi connectivity index (χ4v) is 2.77. The molecule has 0 bridgehead atoms. The molecule has 2 aromatic rings. The lowest BCUT2D eigenvalue weighted by Crippen LogP contribution is -2.36. The zero-order chi connectivity index (χ0) is 15.8. The molecule has 1 aromatic carbocycles. The lowest BCUT2D eigenvalue weighted by molar-refractivity contribution is 0.185. The van der Waals surface area contributed by atoms with Crippen LogP contribution >= 0.6 is 35.3 Å². The minimum absolute atomic E-state index is 0. The summed E-state index contributed by atoms with van der Waals surface area (Å²) in [5, 5.41) is 7.64. The topological polar surface area (TPSA) is 58.5 Å². The molecular formula is C16H23IN4OS. The SMILES string of the molecule is CN=C(NCc1cccc(COC)c1)NCc1ncc(C)s1.I. The normalized spacial score (nSPS) is 11.0. The lowest BCUT2D eigenvalue weighted by atomic mass is 10.1. The highest BCUT2D eigenvalue weighted by Crippen LogP contribution is 2.10. The third kappa shape index (κ3) is 6.84. The van der Waals surface area contributed by atoms with Crippen LogP contribution in [0, 0.1) is 6.92 Å². The number of nitrogens with zero attached hydrogens (tertiary/aromatic N) is 2. The number of aliphatic imine (C=N–C) groups is 1. The van der Waals surface area contributed by atoms with E-state index in [1.807, 2.05) is 12.3 Å². The van der Waals surface area contributed by atoms with E-state index in [-0.39, 0.29) is 24.0 Å². The van der Waals surface area contributed by atoms with Crippen molar-refractivity contribution in [3.63, 3.8) is 0 Å². The maximum Gasteiger partial charge on any atom is 0.191 e.